The van der Waals surface area contributed by atoms with Crippen LogP contribution in [0, 0.1) is 5.92 Å². The Morgan fingerprint density at radius 3 is 2.88 bits per heavy atom. The maximum absolute atomic E-state index is 11.8. The average Bonchev–Trinajstić information content (AvgIpc) is 3.14. The molecule has 1 aliphatic carbocycles. The number of nitrogens with two attached hydrogens (primary N) is 1. The Kier molecular flexibility index (Phi) is 6.92. The van der Waals surface area contributed by atoms with Crippen LogP contribution in [0.1, 0.15) is 19.3 Å². The summed E-state index contributed by atoms with van der Waals surface area (Å²) in [5.41, 5.74) is 5.82. The van der Waals surface area contributed by atoms with E-state index < -0.39 is 0 Å². The lowest BCUT2D eigenvalue weighted by atomic mass is 10.2. The molecule has 1 fully saturated rings. The summed E-state index contributed by atoms with van der Waals surface area (Å²) in [7, 11) is 1.79. The predicted octanol–water partition coefficient (Wildman–Crippen LogP) is 0.952. The average molecular weight is 260 g/mol. The molecule has 1 amide bonds. The normalized spacial score (nSPS) is 16.9. The van der Waals surface area contributed by atoms with Crippen molar-refractivity contribution in [2.45, 2.75) is 25.3 Å². The minimum atomic E-state index is -0.365. The van der Waals surface area contributed by atoms with Crippen molar-refractivity contribution in [1.29, 1.82) is 0 Å². The summed E-state index contributed by atoms with van der Waals surface area (Å²) in [6.07, 6.45) is 5.36. The number of amides is 1. The Balaban J connectivity index is 2.06. The van der Waals surface area contributed by atoms with Gasteiger partial charge in [0.05, 0.1) is 12.6 Å². The first-order valence-corrected chi connectivity index (χ1v) is 7.61. The minimum Gasteiger partial charge on any atom is -0.379 e. The Morgan fingerprint density at radius 2 is 2.29 bits per heavy atom. The van der Waals surface area contributed by atoms with E-state index in [0.717, 1.165) is 24.7 Å². The van der Waals surface area contributed by atoms with Gasteiger partial charge >= 0.3 is 0 Å². The first kappa shape index (κ1) is 14.8. The van der Waals surface area contributed by atoms with Crippen LogP contribution >= 0.6 is 11.8 Å². The van der Waals surface area contributed by atoms with Gasteiger partial charge in [-0.3, -0.25) is 4.79 Å². The highest BCUT2D eigenvalue weighted by molar-refractivity contribution is 7.98. The zero-order valence-corrected chi connectivity index (χ0v) is 11.7. The molecule has 1 atom stereocenters. The van der Waals surface area contributed by atoms with Gasteiger partial charge in [-0.2, -0.15) is 11.8 Å². The van der Waals surface area contributed by atoms with Crippen molar-refractivity contribution in [2.24, 2.45) is 11.7 Å². The Labute approximate surface area is 108 Å². The van der Waals surface area contributed by atoms with Crippen LogP contribution in [0.3, 0.4) is 0 Å². The van der Waals surface area contributed by atoms with Gasteiger partial charge in [-0.25, -0.2) is 0 Å². The summed E-state index contributed by atoms with van der Waals surface area (Å²) in [5.74, 6) is 1.73. The number of nitrogens with zero attached hydrogens (tertiary/aromatic N) is 1. The molecule has 0 aromatic heterocycles. The summed E-state index contributed by atoms with van der Waals surface area (Å²) < 4.78 is 5.50. The third kappa shape index (κ3) is 6.29. The molecule has 0 aromatic carbocycles. The lowest BCUT2D eigenvalue weighted by Gasteiger charge is -2.21. The van der Waals surface area contributed by atoms with E-state index in [1.54, 1.807) is 23.7 Å². The van der Waals surface area contributed by atoms with Gasteiger partial charge in [0.1, 0.15) is 0 Å². The van der Waals surface area contributed by atoms with Crippen LogP contribution in [0.15, 0.2) is 0 Å². The number of carbonyl (C=O) groups excluding carboxylic acids is 1. The molecule has 1 rings (SSSR count). The number of hydrogen-bond acceptors (Lipinski definition) is 4. The molecule has 5 heteroatoms. The second-order valence-corrected chi connectivity index (χ2v) is 5.65. The van der Waals surface area contributed by atoms with Gasteiger partial charge in [-0.1, -0.05) is 0 Å². The van der Waals surface area contributed by atoms with Gasteiger partial charge in [0, 0.05) is 20.2 Å². The maximum atomic E-state index is 11.8. The lowest BCUT2D eigenvalue weighted by molar-refractivity contribution is -0.132. The van der Waals surface area contributed by atoms with Crippen LogP contribution in [0.4, 0.5) is 0 Å². The van der Waals surface area contributed by atoms with Crippen molar-refractivity contribution >= 4 is 17.7 Å². The molecule has 100 valence electrons. The monoisotopic (exact) mass is 260 g/mol. The number of hydrogen-bond donors (Lipinski definition) is 1. The molecule has 0 aliphatic heterocycles. The van der Waals surface area contributed by atoms with Crippen molar-refractivity contribution in [3.05, 3.63) is 0 Å². The summed E-state index contributed by atoms with van der Waals surface area (Å²) in [5, 5.41) is 0. The first-order chi connectivity index (χ1) is 8.15. The molecule has 0 saturated heterocycles. The van der Waals surface area contributed by atoms with Crippen molar-refractivity contribution in [1.82, 2.24) is 4.90 Å². The SMILES string of the molecule is CSCC[C@@H](N)C(=O)N(C)CCOCC1CC1. The lowest BCUT2D eigenvalue weighted by Crippen LogP contribution is -2.43. The highest BCUT2D eigenvalue weighted by atomic mass is 32.2. The minimum absolute atomic E-state index is 0.0223. The molecule has 0 bridgehead atoms. The fraction of sp³-hybridized carbons (Fsp3) is 0.917. The van der Waals surface area contributed by atoms with Crippen LogP contribution in [0.25, 0.3) is 0 Å². The van der Waals surface area contributed by atoms with E-state index in [0.29, 0.717) is 13.2 Å². The van der Waals surface area contributed by atoms with Gasteiger partial charge in [0.15, 0.2) is 0 Å². The first-order valence-electron chi connectivity index (χ1n) is 6.22. The number of likely N-dealkylation sites (N-methyl/N-ethyl adjacent to an activating group) is 1. The van der Waals surface area contributed by atoms with Crippen LogP contribution < -0.4 is 5.73 Å². The third-order valence-corrected chi connectivity index (χ3v) is 3.59. The molecule has 0 unspecified atom stereocenters. The van der Waals surface area contributed by atoms with Crippen LogP contribution in [-0.4, -0.2) is 55.7 Å². The second kappa shape index (κ2) is 7.95. The molecule has 0 radical (unpaired) electrons. The topological polar surface area (TPSA) is 55.6 Å². The van der Waals surface area contributed by atoms with E-state index in [-0.39, 0.29) is 11.9 Å². The molecular formula is C12H24N2O2S. The molecule has 0 spiro atoms. The van der Waals surface area contributed by atoms with Gasteiger partial charge < -0.3 is 15.4 Å². The molecule has 17 heavy (non-hydrogen) atoms. The number of ether oxygens (including phenoxy) is 1. The largest absolute Gasteiger partial charge is 0.379 e. The van der Waals surface area contributed by atoms with Gasteiger partial charge in [-0.05, 0) is 37.2 Å². The third-order valence-electron chi connectivity index (χ3n) is 2.95. The van der Waals surface area contributed by atoms with E-state index in [9.17, 15) is 4.79 Å². The molecule has 2 N–H and O–H groups in total. The highest BCUT2D eigenvalue weighted by Crippen LogP contribution is 2.28. The fourth-order valence-electron chi connectivity index (χ4n) is 1.50. The summed E-state index contributed by atoms with van der Waals surface area (Å²) in [4.78, 5) is 13.5. The van der Waals surface area contributed by atoms with Crippen molar-refractivity contribution < 1.29 is 9.53 Å². The smallest absolute Gasteiger partial charge is 0.239 e. The summed E-state index contributed by atoms with van der Waals surface area (Å²) in [6, 6.07) is -0.365. The molecule has 1 aliphatic rings. The second-order valence-electron chi connectivity index (χ2n) is 4.67. The highest BCUT2D eigenvalue weighted by Gasteiger charge is 2.21. The van der Waals surface area contributed by atoms with E-state index in [1.165, 1.54) is 12.8 Å². The quantitative estimate of drug-likeness (QED) is 0.627. The number of thioether (sulfide) groups is 1. The van der Waals surface area contributed by atoms with Gasteiger partial charge in [0.2, 0.25) is 5.91 Å². The number of rotatable bonds is 9. The zero-order valence-electron chi connectivity index (χ0n) is 10.9. The molecule has 1 saturated carbocycles. The predicted molar refractivity (Wildman–Crippen MR) is 72.2 cm³/mol. The van der Waals surface area contributed by atoms with Crippen LogP contribution in [0.5, 0.6) is 0 Å². The summed E-state index contributed by atoms with van der Waals surface area (Å²) in [6.45, 7) is 2.10. The zero-order chi connectivity index (χ0) is 12.7. The van der Waals surface area contributed by atoms with Crippen LogP contribution in [-0.2, 0) is 9.53 Å². The van der Waals surface area contributed by atoms with E-state index in [2.05, 4.69) is 0 Å². The maximum Gasteiger partial charge on any atom is 0.239 e. The fourth-order valence-corrected chi connectivity index (χ4v) is 1.99. The van der Waals surface area contributed by atoms with E-state index in [4.69, 9.17) is 10.5 Å². The van der Waals surface area contributed by atoms with Crippen molar-refractivity contribution in [3.8, 4) is 0 Å². The Bertz CT molecular complexity index is 235. The van der Waals surface area contributed by atoms with Crippen molar-refractivity contribution in [3.63, 3.8) is 0 Å². The van der Waals surface area contributed by atoms with E-state index in [1.807, 2.05) is 6.26 Å². The summed E-state index contributed by atoms with van der Waals surface area (Å²) >= 11 is 1.72. The van der Waals surface area contributed by atoms with Gasteiger partial charge in [0.25, 0.3) is 0 Å². The molecule has 4 nitrogen and oxygen atoms in total. The van der Waals surface area contributed by atoms with Gasteiger partial charge in [-0.15, -0.1) is 0 Å². The van der Waals surface area contributed by atoms with Crippen LogP contribution in [0.2, 0.25) is 0 Å². The molecule has 0 heterocycles. The molecular weight excluding hydrogens is 236 g/mol. The Hall–Kier alpha value is -0.260. The van der Waals surface area contributed by atoms with Crippen molar-refractivity contribution in [2.75, 3.05) is 38.8 Å². The van der Waals surface area contributed by atoms with E-state index >= 15 is 0 Å². The Morgan fingerprint density at radius 1 is 1.59 bits per heavy atom. The molecule has 0 aromatic rings. The standard InChI is InChI=1S/C12H24N2O2S/c1-14(6-7-16-9-10-3-4-10)12(15)11(13)5-8-17-2/h10-11H,3-9,13H2,1-2H3/t11-/m1/s1. The number of carbonyl (C=O) groups is 1.